The van der Waals surface area contributed by atoms with Gasteiger partial charge in [-0.15, -0.1) is 11.3 Å². The first kappa shape index (κ1) is 13.4. The van der Waals surface area contributed by atoms with Crippen molar-refractivity contribution in [2.75, 3.05) is 7.05 Å². The molecule has 1 amide bonds. The largest absolute Gasteiger partial charge is 0.354 e. The van der Waals surface area contributed by atoms with Crippen molar-refractivity contribution >= 4 is 45.7 Å². The second-order valence-corrected chi connectivity index (χ2v) is 5.40. The summed E-state index contributed by atoms with van der Waals surface area (Å²) < 4.78 is 0. The zero-order chi connectivity index (χ0) is 13.8. The monoisotopic (exact) mass is 295 g/mol. The van der Waals surface area contributed by atoms with Crippen molar-refractivity contribution in [1.29, 1.82) is 0 Å². The molecule has 2 heterocycles. The quantitative estimate of drug-likeness (QED) is 0.694. The van der Waals surface area contributed by atoms with Gasteiger partial charge in [0.25, 0.3) is 5.91 Å². The van der Waals surface area contributed by atoms with E-state index >= 15 is 0 Å². The van der Waals surface area contributed by atoms with Crippen LogP contribution in [0.4, 0.5) is 5.00 Å². The molecular formula is C11H9N3O3S2. The number of hydrogen-bond donors (Lipinski definition) is 1. The summed E-state index contributed by atoms with van der Waals surface area (Å²) in [6, 6.07) is 1.49. The number of nitro groups is 1. The van der Waals surface area contributed by atoms with Gasteiger partial charge in [-0.1, -0.05) is 17.4 Å². The molecule has 19 heavy (non-hydrogen) atoms. The van der Waals surface area contributed by atoms with Crippen LogP contribution in [0.2, 0.25) is 0 Å². The Labute approximate surface area is 116 Å². The molecule has 0 atom stereocenters. The Morgan fingerprint density at radius 1 is 1.53 bits per heavy atom. The molecule has 0 fully saturated rings. The van der Waals surface area contributed by atoms with Crippen LogP contribution in [-0.4, -0.2) is 22.9 Å². The van der Waals surface area contributed by atoms with Crippen LogP contribution < -0.4 is 5.32 Å². The van der Waals surface area contributed by atoms with Gasteiger partial charge in [-0.2, -0.15) is 0 Å². The van der Waals surface area contributed by atoms with Gasteiger partial charge in [0.2, 0.25) is 0 Å². The fraction of sp³-hybridized carbons (Fsp3) is 0.0909. The van der Waals surface area contributed by atoms with Crippen LogP contribution in [0.25, 0.3) is 12.2 Å². The highest BCUT2D eigenvalue weighted by Crippen LogP contribution is 2.24. The summed E-state index contributed by atoms with van der Waals surface area (Å²) >= 11 is 2.33. The van der Waals surface area contributed by atoms with Gasteiger partial charge in [0.15, 0.2) is 0 Å². The number of nitrogens with zero attached hydrogens (tertiary/aromatic N) is 2. The molecule has 0 saturated heterocycles. The average molecular weight is 295 g/mol. The van der Waals surface area contributed by atoms with Crippen molar-refractivity contribution in [3.63, 3.8) is 0 Å². The van der Waals surface area contributed by atoms with Crippen LogP contribution in [0.1, 0.15) is 20.2 Å². The van der Waals surface area contributed by atoms with Crippen molar-refractivity contribution in [3.05, 3.63) is 43.2 Å². The number of carbonyl (C=O) groups is 1. The Morgan fingerprint density at radius 3 is 2.95 bits per heavy atom. The molecule has 2 aromatic rings. The Balaban J connectivity index is 2.11. The fourth-order valence-electron chi connectivity index (χ4n) is 1.28. The first-order chi connectivity index (χ1) is 9.10. The van der Waals surface area contributed by atoms with E-state index in [0.717, 1.165) is 16.9 Å². The molecule has 0 bridgehead atoms. The lowest BCUT2D eigenvalue weighted by Crippen LogP contribution is -2.16. The third-order valence-electron chi connectivity index (χ3n) is 2.18. The number of rotatable bonds is 4. The van der Waals surface area contributed by atoms with Gasteiger partial charge in [-0.05, 0) is 11.6 Å². The zero-order valence-corrected chi connectivity index (χ0v) is 11.5. The first-order valence-electron chi connectivity index (χ1n) is 5.19. The lowest BCUT2D eigenvalue weighted by molar-refractivity contribution is -0.380. The van der Waals surface area contributed by atoms with Gasteiger partial charge in [0, 0.05) is 18.5 Å². The SMILES string of the molecule is CNC(=O)c1cnc(/C=C\c2csc([N+](=O)[O-])c2)s1. The molecule has 2 rings (SSSR count). The Kier molecular flexibility index (Phi) is 4.03. The van der Waals surface area contributed by atoms with E-state index in [-0.39, 0.29) is 10.9 Å². The van der Waals surface area contributed by atoms with Gasteiger partial charge in [0.05, 0.1) is 11.1 Å². The number of thiazole rings is 1. The molecule has 0 unspecified atom stereocenters. The molecule has 6 nitrogen and oxygen atoms in total. The van der Waals surface area contributed by atoms with E-state index in [1.807, 2.05) is 0 Å². The summed E-state index contributed by atoms with van der Waals surface area (Å²) in [6.45, 7) is 0. The summed E-state index contributed by atoms with van der Waals surface area (Å²) in [4.78, 5) is 26.1. The zero-order valence-electron chi connectivity index (χ0n) is 9.82. The minimum atomic E-state index is -0.422. The highest BCUT2D eigenvalue weighted by molar-refractivity contribution is 7.14. The molecule has 0 saturated carbocycles. The minimum Gasteiger partial charge on any atom is -0.354 e. The lowest BCUT2D eigenvalue weighted by Gasteiger charge is -1.90. The maximum Gasteiger partial charge on any atom is 0.324 e. The summed E-state index contributed by atoms with van der Waals surface area (Å²) in [5.74, 6) is -0.177. The molecule has 1 N–H and O–H groups in total. The van der Waals surface area contributed by atoms with Gasteiger partial charge in [0.1, 0.15) is 9.88 Å². The molecule has 2 aromatic heterocycles. The molecule has 0 spiro atoms. The lowest BCUT2D eigenvalue weighted by atomic mass is 10.3. The van der Waals surface area contributed by atoms with Crippen LogP contribution in [0, 0.1) is 10.1 Å². The maximum absolute atomic E-state index is 11.3. The highest BCUT2D eigenvalue weighted by Gasteiger charge is 2.09. The fourth-order valence-corrected chi connectivity index (χ4v) is 2.74. The van der Waals surface area contributed by atoms with Gasteiger partial charge in [-0.25, -0.2) is 4.98 Å². The molecule has 0 radical (unpaired) electrons. The van der Waals surface area contributed by atoms with Crippen LogP contribution in [0.3, 0.4) is 0 Å². The van der Waals surface area contributed by atoms with E-state index in [4.69, 9.17) is 0 Å². The number of aromatic nitrogens is 1. The van der Waals surface area contributed by atoms with E-state index in [9.17, 15) is 14.9 Å². The summed E-state index contributed by atoms with van der Waals surface area (Å²) in [5.41, 5.74) is 0.744. The van der Waals surface area contributed by atoms with Crippen molar-refractivity contribution < 1.29 is 9.72 Å². The predicted molar refractivity (Wildman–Crippen MR) is 75.4 cm³/mol. The maximum atomic E-state index is 11.3. The topological polar surface area (TPSA) is 85.1 Å². The molecule has 98 valence electrons. The normalized spacial score (nSPS) is 10.8. The Hall–Kier alpha value is -2.06. The Morgan fingerprint density at radius 2 is 2.32 bits per heavy atom. The van der Waals surface area contributed by atoms with Crippen molar-refractivity contribution in [2.45, 2.75) is 0 Å². The molecule has 0 aromatic carbocycles. The van der Waals surface area contributed by atoms with Crippen molar-refractivity contribution in [1.82, 2.24) is 10.3 Å². The third kappa shape index (κ3) is 3.24. The molecule has 0 aliphatic heterocycles. The molecule has 8 heteroatoms. The van der Waals surface area contributed by atoms with Gasteiger partial charge < -0.3 is 5.32 Å². The van der Waals surface area contributed by atoms with Crippen LogP contribution in [0.5, 0.6) is 0 Å². The van der Waals surface area contributed by atoms with Crippen molar-refractivity contribution in [3.8, 4) is 0 Å². The van der Waals surface area contributed by atoms with E-state index in [0.29, 0.717) is 9.88 Å². The second kappa shape index (κ2) is 5.72. The smallest absolute Gasteiger partial charge is 0.324 e. The number of carbonyl (C=O) groups excluding carboxylic acids is 1. The van der Waals surface area contributed by atoms with Gasteiger partial charge in [-0.3, -0.25) is 14.9 Å². The molecule has 0 aliphatic carbocycles. The Bertz CT molecular complexity index is 645. The van der Waals surface area contributed by atoms with Crippen LogP contribution in [-0.2, 0) is 0 Å². The van der Waals surface area contributed by atoms with Crippen LogP contribution in [0.15, 0.2) is 17.6 Å². The molecule has 0 aliphatic rings. The first-order valence-corrected chi connectivity index (χ1v) is 6.88. The number of thiophene rings is 1. The average Bonchev–Trinajstić information content (AvgIpc) is 3.04. The second-order valence-electron chi connectivity index (χ2n) is 3.45. The van der Waals surface area contributed by atoms with Crippen LogP contribution >= 0.6 is 22.7 Å². The third-order valence-corrected chi connectivity index (χ3v) is 4.04. The van der Waals surface area contributed by atoms with E-state index < -0.39 is 4.92 Å². The van der Waals surface area contributed by atoms with E-state index in [1.165, 1.54) is 23.6 Å². The standard InChI is InChI=1S/C11H9N3O3S2/c1-12-11(15)8-5-13-9(19-8)3-2-7-4-10(14(16)17)18-6-7/h2-6H,1H3,(H,12,15)/b3-2-. The summed E-state index contributed by atoms with van der Waals surface area (Å²) in [5, 5.41) is 15.5. The predicted octanol–water partition coefficient (Wildman–Crippen LogP) is 2.64. The summed E-state index contributed by atoms with van der Waals surface area (Å²) in [6.07, 6.45) is 4.96. The minimum absolute atomic E-state index is 0.102. The summed E-state index contributed by atoms with van der Waals surface area (Å²) in [7, 11) is 1.56. The van der Waals surface area contributed by atoms with Gasteiger partial charge >= 0.3 is 5.00 Å². The number of nitrogens with one attached hydrogen (secondary N) is 1. The molecular weight excluding hydrogens is 286 g/mol. The van der Waals surface area contributed by atoms with Crippen molar-refractivity contribution in [2.24, 2.45) is 0 Å². The highest BCUT2D eigenvalue weighted by atomic mass is 32.1. The van der Waals surface area contributed by atoms with E-state index in [2.05, 4.69) is 10.3 Å². The number of hydrogen-bond acceptors (Lipinski definition) is 6. The number of amides is 1. The van der Waals surface area contributed by atoms with E-state index in [1.54, 1.807) is 24.6 Å².